The summed E-state index contributed by atoms with van der Waals surface area (Å²) in [5.41, 5.74) is 1.54. The number of carbonyl (C=O) groups is 2. The van der Waals surface area contributed by atoms with E-state index < -0.39 is 49.0 Å². The molecule has 3 aromatic heterocycles. The first-order valence-electron chi connectivity index (χ1n) is 14.3. The Labute approximate surface area is 243 Å². The molecule has 6 rings (SSSR count). The Morgan fingerprint density at radius 3 is 2.53 bits per heavy atom. The summed E-state index contributed by atoms with van der Waals surface area (Å²) < 4.78 is 68.6. The highest BCUT2D eigenvalue weighted by Gasteiger charge is 2.45. The van der Waals surface area contributed by atoms with Crippen LogP contribution in [0, 0.1) is 18.8 Å². The number of hydrogen-bond donors (Lipinski definition) is 2. The molecular formula is C27H32F4N8O4. The molecule has 0 bridgehead atoms. The lowest BCUT2D eigenvalue weighted by Crippen LogP contribution is -2.58. The Morgan fingerprint density at radius 2 is 1.84 bits per heavy atom. The smallest absolute Gasteiger partial charge is 0.318 e. The summed E-state index contributed by atoms with van der Waals surface area (Å²) in [6, 6.07) is -0.342. The molecule has 3 amide bonds. The van der Waals surface area contributed by atoms with Crippen molar-refractivity contribution in [2.24, 2.45) is 11.8 Å². The monoisotopic (exact) mass is 608 g/mol. The lowest BCUT2D eigenvalue weighted by molar-refractivity contribution is -0.0570. The molecule has 2 atom stereocenters. The van der Waals surface area contributed by atoms with Crippen molar-refractivity contribution in [3.8, 4) is 0 Å². The van der Waals surface area contributed by atoms with Gasteiger partial charge in [0.2, 0.25) is 5.92 Å². The molecule has 3 aliphatic rings. The van der Waals surface area contributed by atoms with E-state index in [1.807, 2.05) is 0 Å². The molecule has 232 valence electrons. The number of alkyl halides is 4. The van der Waals surface area contributed by atoms with Crippen LogP contribution in [0.5, 0.6) is 0 Å². The third-order valence-electron chi connectivity index (χ3n) is 8.62. The molecular weight excluding hydrogens is 576 g/mol. The molecule has 2 unspecified atom stereocenters. The van der Waals surface area contributed by atoms with Crippen LogP contribution in [0.3, 0.4) is 0 Å². The number of aryl methyl sites for hydroxylation is 1. The average molecular weight is 609 g/mol. The van der Waals surface area contributed by atoms with E-state index in [0.717, 1.165) is 4.90 Å². The Bertz CT molecular complexity index is 1480. The topological polar surface area (TPSA) is 140 Å². The molecule has 2 saturated heterocycles. The number of hydrogen-bond acceptors (Lipinski definition) is 8. The fourth-order valence-electron chi connectivity index (χ4n) is 6.34. The lowest BCUT2D eigenvalue weighted by atomic mass is 9.81. The number of nitrogens with zero attached hydrogens (tertiary/aromatic N) is 6. The molecule has 5 heterocycles. The van der Waals surface area contributed by atoms with Crippen molar-refractivity contribution in [3.63, 3.8) is 0 Å². The summed E-state index contributed by atoms with van der Waals surface area (Å²) >= 11 is 0. The van der Waals surface area contributed by atoms with Crippen molar-refractivity contribution in [2.45, 2.75) is 69.4 Å². The molecule has 12 nitrogen and oxygen atoms in total. The number of imidazole rings is 1. The van der Waals surface area contributed by atoms with Crippen molar-refractivity contribution in [1.82, 2.24) is 40.4 Å². The van der Waals surface area contributed by atoms with Gasteiger partial charge in [0.1, 0.15) is 5.69 Å². The zero-order valence-electron chi connectivity index (χ0n) is 23.4. The van der Waals surface area contributed by atoms with Crippen LogP contribution in [-0.4, -0.2) is 79.9 Å². The van der Waals surface area contributed by atoms with Crippen LogP contribution < -0.4 is 10.6 Å². The molecule has 16 heteroatoms. The van der Waals surface area contributed by atoms with Gasteiger partial charge in [-0.15, -0.1) is 0 Å². The van der Waals surface area contributed by atoms with E-state index in [1.54, 1.807) is 19.2 Å². The van der Waals surface area contributed by atoms with E-state index in [1.165, 1.54) is 10.7 Å². The highest BCUT2D eigenvalue weighted by molar-refractivity contribution is 5.93. The van der Waals surface area contributed by atoms with Gasteiger partial charge in [0.25, 0.3) is 11.8 Å². The van der Waals surface area contributed by atoms with Crippen LogP contribution in [-0.2, 0) is 4.74 Å². The highest BCUT2D eigenvalue weighted by atomic mass is 19.3. The first-order chi connectivity index (χ1) is 20.5. The van der Waals surface area contributed by atoms with Gasteiger partial charge in [-0.3, -0.25) is 4.79 Å². The predicted molar refractivity (Wildman–Crippen MR) is 140 cm³/mol. The quantitative estimate of drug-likeness (QED) is 0.386. The van der Waals surface area contributed by atoms with Crippen LogP contribution in [0.25, 0.3) is 5.65 Å². The molecule has 1 saturated carbocycles. The second-order valence-corrected chi connectivity index (χ2v) is 11.6. The van der Waals surface area contributed by atoms with E-state index in [0.29, 0.717) is 43.0 Å². The number of nitrogens with one attached hydrogen (secondary N) is 2. The van der Waals surface area contributed by atoms with Gasteiger partial charge in [-0.1, -0.05) is 5.16 Å². The molecule has 3 fully saturated rings. The molecule has 1 aliphatic carbocycles. The minimum Gasteiger partial charge on any atom is -0.381 e. The SMILES string of the molecule is Cc1nonc1C(=O)NC(c1cn2ncc(C(C3CCOCC3)N3CC(F)(F)CNC3=O)cc2n1)C1CCC(F)(F)CC1. The molecule has 0 radical (unpaired) electrons. The van der Waals surface area contributed by atoms with Gasteiger partial charge in [-0.2, -0.15) is 5.10 Å². The minimum atomic E-state index is -3.10. The van der Waals surface area contributed by atoms with Gasteiger partial charge in [-0.05, 0) is 61.2 Å². The van der Waals surface area contributed by atoms with Crippen molar-refractivity contribution in [1.29, 1.82) is 0 Å². The normalized spacial score (nSPS) is 22.7. The van der Waals surface area contributed by atoms with Crippen molar-refractivity contribution in [2.75, 3.05) is 26.3 Å². The van der Waals surface area contributed by atoms with E-state index >= 15 is 0 Å². The van der Waals surface area contributed by atoms with Crippen LogP contribution >= 0.6 is 0 Å². The largest absolute Gasteiger partial charge is 0.381 e. The number of rotatable bonds is 7. The van der Waals surface area contributed by atoms with Gasteiger partial charge in [0.05, 0.1) is 43.3 Å². The van der Waals surface area contributed by atoms with Gasteiger partial charge >= 0.3 is 6.03 Å². The number of carbonyl (C=O) groups excluding carboxylic acids is 2. The average Bonchev–Trinajstić information content (AvgIpc) is 3.60. The number of amides is 3. The maximum atomic E-state index is 14.5. The zero-order chi connectivity index (χ0) is 30.4. The summed E-state index contributed by atoms with van der Waals surface area (Å²) in [5.74, 6) is -6.95. The molecule has 0 spiro atoms. The fourth-order valence-corrected chi connectivity index (χ4v) is 6.34. The highest BCUT2D eigenvalue weighted by Crippen LogP contribution is 2.42. The van der Waals surface area contributed by atoms with Gasteiger partial charge < -0.3 is 20.3 Å². The number of aromatic nitrogens is 5. The van der Waals surface area contributed by atoms with Crippen LogP contribution in [0.1, 0.15) is 78.0 Å². The van der Waals surface area contributed by atoms with Gasteiger partial charge in [-0.25, -0.2) is 36.5 Å². The summed E-state index contributed by atoms with van der Waals surface area (Å²) in [6.07, 6.45) is 3.95. The first-order valence-corrected chi connectivity index (χ1v) is 14.3. The maximum absolute atomic E-state index is 14.5. The summed E-state index contributed by atoms with van der Waals surface area (Å²) in [5, 5.41) is 16.9. The Morgan fingerprint density at radius 1 is 1.09 bits per heavy atom. The van der Waals surface area contributed by atoms with Crippen LogP contribution in [0.15, 0.2) is 23.1 Å². The number of halogens is 4. The van der Waals surface area contributed by atoms with E-state index in [2.05, 4.69) is 30.7 Å². The van der Waals surface area contributed by atoms with Crippen molar-refractivity contribution < 1.29 is 36.5 Å². The van der Waals surface area contributed by atoms with E-state index in [-0.39, 0.29) is 48.9 Å². The Balaban J connectivity index is 1.34. The summed E-state index contributed by atoms with van der Waals surface area (Å²) in [7, 11) is 0. The standard InChI is InChI=1S/C27H32F4N8O4/c1-15-21(37-43-36-15)24(40)35-22(16-2-6-26(28,29)7-3-16)19-12-39-20(34-19)10-18(11-33-39)23(17-4-8-42-9-5-17)38-14-27(30,31)13-32-25(38)41/h10-12,16-17,22-23H,2-9,13-14H2,1H3,(H,32,41)(H,35,40). The zero-order valence-corrected chi connectivity index (χ0v) is 23.4. The second kappa shape index (κ2) is 11.4. The van der Waals surface area contributed by atoms with Crippen molar-refractivity contribution in [3.05, 3.63) is 41.1 Å². The molecule has 43 heavy (non-hydrogen) atoms. The lowest BCUT2D eigenvalue weighted by Gasteiger charge is -2.42. The first kappa shape index (κ1) is 29.3. The van der Waals surface area contributed by atoms with Gasteiger partial charge in [0, 0.05) is 26.1 Å². The molecule has 2 aliphatic heterocycles. The second-order valence-electron chi connectivity index (χ2n) is 11.6. The summed E-state index contributed by atoms with van der Waals surface area (Å²) in [6.45, 7) is 0.985. The van der Waals surface area contributed by atoms with Crippen molar-refractivity contribution >= 4 is 17.6 Å². The van der Waals surface area contributed by atoms with E-state index in [9.17, 15) is 27.2 Å². The summed E-state index contributed by atoms with van der Waals surface area (Å²) in [4.78, 5) is 31.8. The van der Waals surface area contributed by atoms with E-state index in [4.69, 9.17) is 9.72 Å². The molecule has 0 aromatic carbocycles. The van der Waals surface area contributed by atoms with Gasteiger partial charge in [0.15, 0.2) is 11.3 Å². The molecule has 2 N–H and O–H groups in total. The Hall–Kier alpha value is -3.82. The number of ether oxygens (including phenoxy) is 1. The van der Waals surface area contributed by atoms with Crippen LogP contribution in [0.4, 0.5) is 22.4 Å². The third-order valence-corrected chi connectivity index (χ3v) is 8.62. The third kappa shape index (κ3) is 6.15. The van der Waals surface area contributed by atoms with Crippen LogP contribution in [0.2, 0.25) is 0 Å². The molecule has 3 aromatic rings. The number of urea groups is 1. The fraction of sp³-hybridized carbons (Fsp3) is 0.630. The maximum Gasteiger partial charge on any atom is 0.318 e. The minimum absolute atomic E-state index is 0.0220. The Kier molecular flexibility index (Phi) is 7.73. The predicted octanol–water partition coefficient (Wildman–Crippen LogP) is 3.85. The number of fused-ring (bicyclic) bond motifs is 1.